The van der Waals surface area contributed by atoms with Crippen molar-refractivity contribution in [2.45, 2.75) is 13.0 Å². The lowest BCUT2D eigenvalue weighted by molar-refractivity contribution is -0.121. The molecule has 1 aromatic rings. The van der Waals surface area contributed by atoms with E-state index in [-0.39, 0.29) is 5.69 Å². The number of nitrogens with one attached hydrogen (secondary N) is 1. The number of benzene rings is 1. The molecule has 0 fully saturated rings. The van der Waals surface area contributed by atoms with E-state index in [0.717, 1.165) is 22.7 Å². The normalized spacial score (nSPS) is 12.9. The summed E-state index contributed by atoms with van der Waals surface area (Å²) in [5.74, 6) is -0.912. The maximum atomic E-state index is 12.8. The molecule has 1 amide bonds. The van der Waals surface area contributed by atoms with Gasteiger partial charge in [-0.15, -0.1) is 0 Å². The smallest absolute Gasteiger partial charge is 0.243 e. The lowest BCUT2D eigenvalue weighted by atomic mass is 10.2. The maximum Gasteiger partial charge on any atom is 0.243 e. The Morgan fingerprint density at radius 1 is 1.33 bits per heavy atom. The highest BCUT2D eigenvalue weighted by molar-refractivity contribution is 7.92. The Morgan fingerprint density at radius 3 is 2.22 bits per heavy atom. The predicted molar refractivity (Wildman–Crippen MR) is 67.3 cm³/mol. The highest BCUT2D eigenvalue weighted by Crippen LogP contribution is 2.20. The third kappa shape index (κ3) is 3.19. The first-order valence-electron chi connectivity index (χ1n) is 5.24. The monoisotopic (exact) mass is 274 g/mol. The summed E-state index contributed by atoms with van der Waals surface area (Å²) >= 11 is 0. The molecule has 0 aliphatic rings. The molecule has 100 valence electrons. The zero-order valence-electron chi connectivity index (χ0n) is 10.3. The SMILES string of the molecule is CNC(=O)[C@H](C)N(c1ccc(F)cc1)S(C)(=O)=O. The number of likely N-dealkylation sites (N-methyl/N-ethyl adjacent to an activating group) is 1. The molecule has 0 unspecified atom stereocenters. The van der Waals surface area contributed by atoms with Gasteiger partial charge in [-0.2, -0.15) is 0 Å². The minimum atomic E-state index is -3.64. The van der Waals surface area contributed by atoms with Crippen molar-refractivity contribution < 1.29 is 17.6 Å². The minimum absolute atomic E-state index is 0.245. The Bertz CT molecular complexity index is 528. The average molecular weight is 274 g/mol. The Balaban J connectivity index is 3.23. The van der Waals surface area contributed by atoms with Gasteiger partial charge in [0.25, 0.3) is 0 Å². The van der Waals surface area contributed by atoms with Crippen LogP contribution in [0.2, 0.25) is 0 Å². The number of carbonyl (C=O) groups excluding carboxylic acids is 1. The zero-order chi connectivity index (χ0) is 13.9. The number of nitrogens with zero attached hydrogens (tertiary/aromatic N) is 1. The van der Waals surface area contributed by atoms with Crippen LogP contribution in [-0.2, 0) is 14.8 Å². The Morgan fingerprint density at radius 2 is 1.83 bits per heavy atom. The summed E-state index contributed by atoms with van der Waals surface area (Å²) in [6, 6.07) is 4.01. The van der Waals surface area contributed by atoms with Gasteiger partial charge < -0.3 is 5.32 Å². The molecular weight excluding hydrogens is 259 g/mol. The largest absolute Gasteiger partial charge is 0.357 e. The van der Waals surface area contributed by atoms with Gasteiger partial charge in [0.2, 0.25) is 15.9 Å². The van der Waals surface area contributed by atoms with E-state index in [0.29, 0.717) is 0 Å². The van der Waals surface area contributed by atoms with E-state index in [4.69, 9.17) is 0 Å². The molecule has 0 saturated carbocycles. The van der Waals surface area contributed by atoms with E-state index in [1.165, 1.54) is 26.1 Å². The van der Waals surface area contributed by atoms with E-state index in [1.54, 1.807) is 0 Å². The number of rotatable bonds is 4. The number of carbonyl (C=O) groups is 1. The number of halogens is 1. The molecule has 7 heteroatoms. The highest BCUT2D eigenvalue weighted by Gasteiger charge is 2.28. The molecule has 1 N–H and O–H groups in total. The quantitative estimate of drug-likeness (QED) is 0.880. The number of hydrogen-bond donors (Lipinski definition) is 1. The summed E-state index contributed by atoms with van der Waals surface area (Å²) < 4.78 is 37.2. The van der Waals surface area contributed by atoms with E-state index in [2.05, 4.69) is 5.32 Å². The van der Waals surface area contributed by atoms with Crippen LogP contribution in [0.25, 0.3) is 0 Å². The Labute approximate surface area is 106 Å². The first kappa shape index (κ1) is 14.4. The second-order valence-electron chi connectivity index (χ2n) is 3.83. The van der Waals surface area contributed by atoms with Gasteiger partial charge in [-0.05, 0) is 31.2 Å². The van der Waals surface area contributed by atoms with Crippen LogP contribution in [-0.4, -0.2) is 33.7 Å². The van der Waals surface area contributed by atoms with Gasteiger partial charge in [0, 0.05) is 7.05 Å². The summed E-state index contributed by atoms with van der Waals surface area (Å²) in [6.07, 6.45) is 0.996. The third-order valence-corrected chi connectivity index (χ3v) is 3.66. The van der Waals surface area contributed by atoms with Crippen LogP contribution in [0, 0.1) is 5.82 Å². The fraction of sp³-hybridized carbons (Fsp3) is 0.364. The van der Waals surface area contributed by atoms with E-state index in [9.17, 15) is 17.6 Å². The predicted octanol–water partition coefficient (Wildman–Crippen LogP) is 0.726. The van der Waals surface area contributed by atoms with Crippen molar-refractivity contribution in [3.8, 4) is 0 Å². The van der Waals surface area contributed by atoms with E-state index >= 15 is 0 Å². The van der Waals surface area contributed by atoms with Gasteiger partial charge in [-0.25, -0.2) is 12.8 Å². The second kappa shape index (κ2) is 5.34. The van der Waals surface area contributed by atoms with Crippen molar-refractivity contribution >= 4 is 21.6 Å². The molecule has 0 aliphatic carbocycles. The number of anilines is 1. The highest BCUT2D eigenvalue weighted by atomic mass is 32.2. The van der Waals surface area contributed by atoms with E-state index < -0.39 is 27.8 Å². The van der Waals surface area contributed by atoms with Crippen LogP contribution in [0.3, 0.4) is 0 Å². The van der Waals surface area contributed by atoms with Crippen LogP contribution >= 0.6 is 0 Å². The number of amides is 1. The van der Waals surface area contributed by atoms with Crippen molar-refractivity contribution in [3.63, 3.8) is 0 Å². The topological polar surface area (TPSA) is 66.5 Å². The standard InChI is InChI=1S/C11H15FN2O3S/c1-8(11(15)13-2)14(18(3,16)17)10-6-4-9(12)5-7-10/h4-8H,1-3H3,(H,13,15)/t8-/m0/s1. The lowest BCUT2D eigenvalue weighted by Gasteiger charge is -2.27. The molecule has 0 saturated heterocycles. The first-order valence-corrected chi connectivity index (χ1v) is 7.08. The first-order chi connectivity index (χ1) is 8.27. The number of sulfonamides is 1. The summed E-state index contributed by atoms with van der Waals surface area (Å²) in [4.78, 5) is 11.5. The number of hydrogen-bond acceptors (Lipinski definition) is 3. The van der Waals surface area contributed by atoms with Crippen LogP contribution in [0.1, 0.15) is 6.92 Å². The molecule has 0 heterocycles. The van der Waals surface area contributed by atoms with Gasteiger partial charge in [0.1, 0.15) is 11.9 Å². The third-order valence-electron chi connectivity index (χ3n) is 2.42. The second-order valence-corrected chi connectivity index (χ2v) is 5.68. The molecule has 0 radical (unpaired) electrons. The molecule has 1 rings (SSSR count). The molecular formula is C11H15FN2O3S. The van der Waals surface area contributed by atoms with Crippen LogP contribution in [0.4, 0.5) is 10.1 Å². The van der Waals surface area contributed by atoms with Crippen molar-refractivity contribution in [2.75, 3.05) is 17.6 Å². The van der Waals surface area contributed by atoms with Gasteiger partial charge in [-0.1, -0.05) is 0 Å². The Hall–Kier alpha value is -1.63. The summed E-state index contributed by atoms with van der Waals surface area (Å²) in [5.41, 5.74) is 0.245. The molecule has 1 aromatic carbocycles. The zero-order valence-corrected chi connectivity index (χ0v) is 11.2. The lowest BCUT2D eigenvalue weighted by Crippen LogP contribution is -2.46. The summed E-state index contributed by atoms with van der Waals surface area (Å²) in [7, 11) is -2.21. The van der Waals surface area contributed by atoms with Crippen LogP contribution < -0.4 is 9.62 Å². The van der Waals surface area contributed by atoms with Gasteiger partial charge in [-0.3, -0.25) is 9.10 Å². The fourth-order valence-electron chi connectivity index (χ4n) is 1.61. The summed E-state index contributed by atoms with van der Waals surface area (Å²) in [5, 5.41) is 2.38. The molecule has 0 bridgehead atoms. The van der Waals surface area contributed by atoms with Crippen LogP contribution in [0.5, 0.6) is 0 Å². The molecule has 0 aliphatic heterocycles. The molecule has 1 atom stereocenters. The van der Waals surface area contributed by atoms with E-state index in [1.807, 2.05) is 0 Å². The Kier molecular flexibility index (Phi) is 4.28. The minimum Gasteiger partial charge on any atom is -0.357 e. The maximum absolute atomic E-state index is 12.8. The van der Waals surface area contributed by atoms with Gasteiger partial charge in [0.15, 0.2) is 0 Å². The molecule has 5 nitrogen and oxygen atoms in total. The van der Waals surface area contributed by atoms with Crippen molar-refractivity contribution in [2.24, 2.45) is 0 Å². The molecule has 18 heavy (non-hydrogen) atoms. The fourth-order valence-corrected chi connectivity index (χ4v) is 2.78. The van der Waals surface area contributed by atoms with Crippen molar-refractivity contribution in [1.82, 2.24) is 5.32 Å². The van der Waals surface area contributed by atoms with Crippen molar-refractivity contribution in [1.29, 1.82) is 0 Å². The summed E-state index contributed by atoms with van der Waals surface area (Å²) in [6.45, 7) is 1.46. The van der Waals surface area contributed by atoms with Gasteiger partial charge >= 0.3 is 0 Å². The van der Waals surface area contributed by atoms with Crippen molar-refractivity contribution in [3.05, 3.63) is 30.1 Å². The molecule has 0 aromatic heterocycles. The van der Waals surface area contributed by atoms with Gasteiger partial charge in [0.05, 0.1) is 11.9 Å². The average Bonchev–Trinajstić information content (AvgIpc) is 2.29. The molecule has 0 spiro atoms. The van der Waals surface area contributed by atoms with Crippen LogP contribution in [0.15, 0.2) is 24.3 Å².